The molecule has 1 fully saturated rings. The number of nitrogens with zero attached hydrogens (tertiary/aromatic N) is 4. The number of benzene rings is 1. The highest BCUT2D eigenvalue weighted by atomic mass is 127. The molecule has 0 saturated carbocycles. The Labute approximate surface area is 191 Å². The predicted octanol–water partition coefficient (Wildman–Crippen LogP) is 4.17. The third-order valence-corrected chi connectivity index (χ3v) is 5.10. The van der Waals surface area contributed by atoms with Gasteiger partial charge in [-0.15, -0.1) is 24.0 Å². The van der Waals surface area contributed by atoms with Crippen molar-refractivity contribution in [2.24, 2.45) is 12.0 Å². The molecule has 1 aromatic carbocycles. The smallest absolute Gasteiger partial charge is 0.194 e. The molecule has 0 aliphatic carbocycles. The fourth-order valence-electron chi connectivity index (χ4n) is 3.54. The fourth-order valence-corrected chi connectivity index (χ4v) is 3.54. The number of guanidine groups is 1. The van der Waals surface area contributed by atoms with Gasteiger partial charge in [0.2, 0.25) is 0 Å². The van der Waals surface area contributed by atoms with Gasteiger partial charge < -0.3 is 15.0 Å². The number of nitrogens with one attached hydrogen (secondary N) is 1. The van der Waals surface area contributed by atoms with E-state index in [-0.39, 0.29) is 24.0 Å². The van der Waals surface area contributed by atoms with Crippen molar-refractivity contribution in [1.82, 2.24) is 20.0 Å². The second kappa shape index (κ2) is 12.0. The van der Waals surface area contributed by atoms with Gasteiger partial charge in [0.1, 0.15) is 5.75 Å². The van der Waals surface area contributed by atoms with Gasteiger partial charge in [-0.1, -0.05) is 25.5 Å². The molecule has 0 amide bonds. The van der Waals surface area contributed by atoms with Crippen molar-refractivity contribution in [2.45, 2.75) is 45.6 Å². The molecule has 160 valence electrons. The summed E-state index contributed by atoms with van der Waals surface area (Å²) in [5, 5.41) is 7.77. The molecule has 7 heteroatoms. The Morgan fingerprint density at radius 2 is 2.21 bits per heavy atom. The first-order valence-electron chi connectivity index (χ1n) is 10.4. The quantitative estimate of drug-likeness (QED) is 0.250. The molecule has 0 spiro atoms. The van der Waals surface area contributed by atoms with Crippen molar-refractivity contribution >= 4 is 29.9 Å². The molecule has 3 rings (SSSR count). The number of aliphatic imine (C=N–C) groups is 1. The van der Waals surface area contributed by atoms with Crippen molar-refractivity contribution < 1.29 is 4.74 Å². The highest BCUT2D eigenvalue weighted by molar-refractivity contribution is 14.0. The maximum Gasteiger partial charge on any atom is 0.194 e. The van der Waals surface area contributed by atoms with Crippen molar-refractivity contribution in [1.29, 1.82) is 0 Å². The summed E-state index contributed by atoms with van der Waals surface area (Å²) in [5.74, 6) is 2.45. The zero-order valence-corrected chi connectivity index (χ0v) is 20.1. The van der Waals surface area contributed by atoms with Crippen LogP contribution in [0.15, 0.2) is 41.7 Å². The van der Waals surface area contributed by atoms with E-state index in [1.807, 2.05) is 30.1 Å². The van der Waals surface area contributed by atoms with Crippen LogP contribution in [0.2, 0.25) is 0 Å². The third-order valence-electron chi connectivity index (χ3n) is 5.10. The van der Waals surface area contributed by atoms with E-state index in [4.69, 9.17) is 9.73 Å². The third kappa shape index (κ3) is 6.90. The van der Waals surface area contributed by atoms with E-state index < -0.39 is 0 Å². The molecule has 6 nitrogen and oxygen atoms in total. The van der Waals surface area contributed by atoms with Crippen LogP contribution in [0.3, 0.4) is 0 Å². The van der Waals surface area contributed by atoms with Crippen LogP contribution in [0.1, 0.15) is 50.2 Å². The van der Waals surface area contributed by atoms with E-state index in [2.05, 4.69) is 47.5 Å². The Hall–Kier alpha value is -1.77. The number of likely N-dealkylation sites (tertiary alicyclic amines) is 1. The van der Waals surface area contributed by atoms with Crippen molar-refractivity contribution in [3.8, 4) is 5.75 Å². The van der Waals surface area contributed by atoms with Crippen LogP contribution in [0.5, 0.6) is 5.75 Å². The highest BCUT2D eigenvalue weighted by Crippen LogP contribution is 2.26. The summed E-state index contributed by atoms with van der Waals surface area (Å²) in [6, 6.07) is 8.29. The number of aryl methyl sites for hydroxylation is 1. The SMILES string of the molecule is CCCCOc1cccc(CN=C(NCC)N2CCC(c3cnn(C)c3)C2)c1.I. The lowest BCUT2D eigenvalue weighted by Gasteiger charge is -2.21. The summed E-state index contributed by atoms with van der Waals surface area (Å²) in [6.07, 6.45) is 7.48. The number of aromatic nitrogens is 2. The summed E-state index contributed by atoms with van der Waals surface area (Å²) in [5.41, 5.74) is 2.49. The average molecular weight is 511 g/mol. The van der Waals surface area contributed by atoms with Crippen molar-refractivity contribution in [3.05, 3.63) is 47.8 Å². The Balaban J connectivity index is 0.00000300. The highest BCUT2D eigenvalue weighted by Gasteiger charge is 2.26. The summed E-state index contributed by atoms with van der Waals surface area (Å²) in [7, 11) is 1.97. The zero-order valence-electron chi connectivity index (χ0n) is 17.8. The molecule has 1 aliphatic heterocycles. The lowest BCUT2D eigenvalue weighted by molar-refractivity contribution is 0.309. The fraction of sp³-hybridized carbons (Fsp3) is 0.545. The van der Waals surface area contributed by atoms with Crippen LogP contribution >= 0.6 is 24.0 Å². The monoisotopic (exact) mass is 511 g/mol. The van der Waals surface area contributed by atoms with Gasteiger partial charge in [0.15, 0.2) is 5.96 Å². The molecule has 2 heterocycles. The second-order valence-corrected chi connectivity index (χ2v) is 7.40. The summed E-state index contributed by atoms with van der Waals surface area (Å²) in [4.78, 5) is 7.26. The van der Waals surface area contributed by atoms with Gasteiger partial charge in [-0.05, 0) is 43.0 Å². The number of hydrogen-bond donors (Lipinski definition) is 1. The van der Waals surface area contributed by atoms with E-state index in [1.165, 1.54) is 11.1 Å². The van der Waals surface area contributed by atoms with Gasteiger partial charge in [0, 0.05) is 38.8 Å². The minimum absolute atomic E-state index is 0. The molecule has 1 unspecified atom stereocenters. The van der Waals surface area contributed by atoms with E-state index in [0.29, 0.717) is 12.5 Å². The average Bonchev–Trinajstić information content (AvgIpc) is 3.35. The lowest BCUT2D eigenvalue weighted by Crippen LogP contribution is -2.40. The van der Waals surface area contributed by atoms with E-state index in [9.17, 15) is 0 Å². The van der Waals surface area contributed by atoms with Crippen LogP contribution in [-0.4, -0.2) is 46.9 Å². The lowest BCUT2D eigenvalue weighted by atomic mass is 10.0. The van der Waals surface area contributed by atoms with Crippen molar-refractivity contribution in [2.75, 3.05) is 26.2 Å². The Kier molecular flexibility index (Phi) is 9.76. The van der Waals surface area contributed by atoms with Crippen LogP contribution in [-0.2, 0) is 13.6 Å². The molecule has 0 bridgehead atoms. The zero-order chi connectivity index (χ0) is 19.8. The van der Waals surface area contributed by atoms with Gasteiger partial charge in [0.05, 0.1) is 19.3 Å². The summed E-state index contributed by atoms with van der Waals surface area (Å²) >= 11 is 0. The van der Waals surface area contributed by atoms with Crippen LogP contribution in [0.4, 0.5) is 0 Å². The number of ether oxygens (including phenoxy) is 1. The molecule has 1 N–H and O–H groups in total. The van der Waals surface area contributed by atoms with Crippen LogP contribution in [0.25, 0.3) is 0 Å². The van der Waals surface area contributed by atoms with Gasteiger partial charge in [-0.25, -0.2) is 4.99 Å². The second-order valence-electron chi connectivity index (χ2n) is 7.40. The van der Waals surface area contributed by atoms with Crippen molar-refractivity contribution in [3.63, 3.8) is 0 Å². The molecule has 1 saturated heterocycles. The van der Waals surface area contributed by atoms with Crippen LogP contribution < -0.4 is 10.1 Å². The summed E-state index contributed by atoms with van der Waals surface area (Å²) < 4.78 is 7.71. The number of rotatable bonds is 8. The molecule has 1 atom stereocenters. The maximum atomic E-state index is 5.82. The molecular formula is C22H34IN5O. The standard InChI is InChI=1S/C22H33N5O.HI/c1-4-6-12-28-21-9-7-8-18(13-21)14-24-22(23-5-2)27-11-10-19(17-27)20-15-25-26(3)16-20;/h7-9,13,15-16,19H,4-6,10-12,14,17H2,1-3H3,(H,23,24);1H. The number of unbranched alkanes of at least 4 members (excludes halogenated alkanes) is 1. The Bertz CT molecular complexity index is 776. The normalized spacial score (nSPS) is 16.6. The maximum absolute atomic E-state index is 5.82. The van der Waals surface area contributed by atoms with Gasteiger partial charge in [0.25, 0.3) is 0 Å². The largest absolute Gasteiger partial charge is 0.494 e. The first-order chi connectivity index (χ1) is 13.7. The van der Waals surface area contributed by atoms with Gasteiger partial charge in [-0.2, -0.15) is 5.10 Å². The predicted molar refractivity (Wildman–Crippen MR) is 129 cm³/mol. The van der Waals surface area contributed by atoms with Gasteiger partial charge >= 0.3 is 0 Å². The molecule has 1 aliphatic rings. The van der Waals surface area contributed by atoms with E-state index in [0.717, 1.165) is 57.2 Å². The first kappa shape index (κ1) is 23.5. The Morgan fingerprint density at radius 3 is 2.93 bits per heavy atom. The summed E-state index contributed by atoms with van der Waals surface area (Å²) in [6.45, 7) is 8.59. The minimum Gasteiger partial charge on any atom is -0.494 e. The minimum atomic E-state index is 0. The molecule has 0 radical (unpaired) electrons. The number of halogens is 1. The van der Waals surface area contributed by atoms with Gasteiger partial charge in [-0.3, -0.25) is 4.68 Å². The van der Waals surface area contributed by atoms with E-state index in [1.54, 1.807) is 0 Å². The topological polar surface area (TPSA) is 54.7 Å². The molecule has 2 aromatic rings. The number of hydrogen-bond acceptors (Lipinski definition) is 3. The molecule has 1 aromatic heterocycles. The molecule has 29 heavy (non-hydrogen) atoms. The van der Waals surface area contributed by atoms with Crippen LogP contribution in [0, 0.1) is 0 Å². The molecular weight excluding hydrogens is 477 g/mol. The first-order valence-corrected chi connectivity index (χ1v) is 10.4. The Morgan fingerprint density at radius 1 is 1.34 bits per heavy atom. The van der Waals surface area contributed by atoms with E-state index >= 15 is 0 Å².